The van der Waals surface area contributed by atoms with Gasteiger partial charge in [-0.15, -0.1) is 0 Å². The fourth-order valence-corrected chi connectivity index (χ4v) is 7.51. The van der Waals surface area contributed by atoms with Crippen LogP contribution < -0.4 is 4.89 Å². The summed E-state index contributed by atoms with van der Waals surface area (Å²) in [4.78, 5) is 25.0. The third kappa shape index (κ3) is 42.6. The zero-order chi connectivity index (χ0) is 39.9. The molecule has 0 fully saturated rings. The Bertz CT molecular complexity index is 837. The van der Waals surface area contributed by atoms with E-state index in [1.807, 2.05) is 21.1 Å². The lowest BCUT2D eigenvalue weighted by molar-refractivity contribution is -0.870. The Morgan fingerprint density at radius 1 is 0.500 bits per heavy atom. The first-order chi connectivity index (χ1) is 26.1. The van der Waals surface area contributed by atoms with E-state index >= 15 is 0 Å². The largest absolute Gasteiger partial charge is 0.756 e. The summed E-state index contributed by atoms with van der Waals surface area (Å²) in [6.07, 6.45) is 41.3. The molecule has 0 bridgehead atoms. The number of esters is 1. The number of likely N-dealkylation sites (N-methyl/N-ethyl adjacent to an activating group) is 1. The number of rotatable bonds is 44. The molecule has 324 valence electrons. The second-order valence-corrected chi connectivity index (χ2v) is 18.5. The number of quaternary nitrogens is 1. The van der Waals surface area contributed by atoms with E-state index in [9.17, 15) is 14.3 Å². The average Bonchev–Trinajstić information content (AvgIpc) is 3.12. The normalized spacial score (nSPS) is 13.7. The van der Waals surface area contributed by atoms with Crippen LogP contribution in [0.25, 0.3) is 0 Å². The van der Waals surface area contributed by atoms with Crippen LogP contribution in [0.15, 0.2) is 0 Å². The standard InChI is InChI=1S/C45H92NO7P/c1-6-8-10-12-14-16-17-18-19-20-21-22-23-24-25-26-27-28-29-30-32-34-36-38-45(47)53-44(43-52-54(48,49)51-41-39-46(3,4)5)42-50-40-37-35-33-31-15-13-11-9-7-2/h44H,6-43H2,1-5H3. The van der Waals surface area contributed by atoms with Crippen LogP contribution in [-0.4, -0.2) is 70.7 Å². The molecule has 2 unspecified atom stereocenters. The van der Waals surface area contributed by atoms with Crippen molar-refractivity contribution >= 4 is 13.8 Å². The Morgan fingerprint density at radius 3 is 1.22 bits per heavy atom. The molecule has 0 aromatic rings. The summed E-state index contributed by atoms with van der Waals surface area (Å²) in [6, 6.07) is 0. The first-order valence-electron chi connectivity index (χ1n) is 23.3. The summed E-state index contributed by atoms with van der Waals surface area (Å²) in [5, 5.41) is 0. The van der Waals surface area contributed by atoms with E-state index in [1.54, 1.807) is 0 Å². The molecular formula is C45H92NO7P. The van der Waals surface area contributed by atoms with Gasteiger partial charge in [0.25, 0.3) is 7.82 Å². The molecule has 0 aliphatic carbocycles. The molecule has 54 heavy (non-hydrogen) atoms. The second-order valence-electron chi connectivity index (χ2n) is 17.1. The lowest BCUT2D eigenvalue weighted by Crippen LogP contribution is -2.37. The highest BCUT2D eigenvalue weighted by molar-refractivity contribution is 7.45. The SMILES string of the molecule is CCCCCCCCCCCCCCCCCCCCCCCCCC(=O)OC(COCCCCCCCCCCC)COP(=O)([O-])OCC[N+](C)(C)C. The molecule has 0 saturated heterocycles. The molecule has 0 heterocycles. The van der Waals surface area contributed by atoms with Crippen molar-refractivity contribution in [2.45, 2.75) is 232 Å². The van der Waals surface area contributed by atoms with Gasteiger partial charge in [0, 0.05) is 13.0 Å². The number of ether oxygens (including phenoxy) is 2. The quantitative estimate of drug-likeness (QED) is 0.0262. The number of hydrogen-bond acceptors (Lipinski definition) is 7. The third-order valence-electron chi connectivity index (χ3n) is 10.4. The van der Waals surface area contributed by atoms with Crippen molar-refractivity contribution < 1.29 is 37.3 Å². The highest BCUT2D eigenvalue weighted by Gasteiger charge is 2.20. The minimum atomic E-state index is -4.51. The molecule has 0 aromatic carbocycles. The Morgan fingerprint density at radius 2 is 0.852 bits per heavy atom. The van der Waals surface area contributed by atoms with Crippen molar-refractivity contribution in [1.82, 2.24) is 0 Å². The molecule has 0 amide bonds. The highest BCUT2D eigenvalue weighted by Crippen LogP contribution is 2.38. The molecule has 0 aromatic heterocycles. The van der Waals surface area contributed by atoms with Gasteiger partial charge in [-0.2, -0.15) is 0 Å². The van der Waals surface area contributed by atoms with Crippen LogP contribution >= 0.6 is 7.82 Å². The Labute approximate surface area is 336 Å². The first-order valence-corrected chi connectivity index (χ1v) is 24.7. The molecule has 2 atom stereocenters. The molecule has 8 nitrogen and oxygen atoms in total. The zero-order valence-electron chi connectivity index (χ0n) is 36.7. The van der Waals surface area contributed by atoms with Crippen molar-refractivity contribution in [3.8, 4) is 0 Å². The van der Waals surface area contributed by atoms with Crippen molar-refractivity contribution in [1.29, 1.82) is 0 Å². The Hall–Kier alpha value is -0.500. The summed E-state index contributed by atoms with van der Waals surface area (Å²) >= 11 is 0. The summed E-state index contributed by atoms with van der Waals surface area (Å²) in [5.74, 6) is -0.328. The number of phosphoric acid groups is 1. The van der Waals surface area contributed by atoms with Gasteiger partial charge >= 0.3 is 5.97 Å². The summed E-state index contributed by atoms with van der Waals surface area (Å²) < 4.78 is 34.5. The van der Waals surface area contributed by atoms with Crippen LogP contribution in [0.1, 0.15) is 226 Å². The van der Waals surface area contributed by atoms with Gasteiger partial charge in [-0.3, -0.25) is 9.36 Å². The molecule has 0 spiro atoms. The van der Waals surface area contributed by atoms with E-state index in [-0.39, 0.29) is 25.8 Å². The molecular weight excluding hydrogens is 697 g/mol. The van der Waals surface area contributed by atoms with Crippen LogP contribution in [0.3, 0.4) is 0 Å². The van der Waals surface area contributed by atoms with Gasteiger partial charge in [-0.1, -0.05) is 206 Å². The number of hydrogen-bond donors (Lipinski definition) is 0. The van der Waals surface area contributed by atoms with Crippen LogP contribution in [0, 0.1) is 0 Å². The second kappa shape index (κ2) is 39.3. The molecule has 0 saturated carbocycles. The van der Waals surface area contributed by atoms with Gasteiger partial charge in [-0.05, 0) is 12.8 Å². The molecule has 0 radical (unpaired) electrons. The van der Waals surface area contributed by atoms with Crippen molar-refractivity contribution in [2.75, 3.05) is 54.1 Å². The maximum Gasteiger partial charge on any atom is 0.306 e. The van der Waals surface area contributed by atoms with E-state index in [1.165, 1.54) is 173 Å². The summed E-state index contributed by atoms with van der Waals surface area (Å²) in [6.45, 7) is 5.45. The smallest absolute Gasteiger partial charge is 0.306 e. The zero-order valence-corrected chi connectivity index (χ0v) is 37.6. The minimum absolute atomic E-state index is 0.0311. The fraction of sp³-hybridized carbons (Fsp3) is 0.978. The number of nitrogens with zero attached hydrogens (tertiary/aromatic N) is 1. The van der Waals surface area contributed by atoms with Crippen LogP contribution in [0.2, 0.25) is 0 Å². The molecule has 0 aliphatic rings. The predicted octanol–water partition coefficient (Wildman–Crippen LogP) is 13.0. The van der Waals surface area contributed by atoms with Crippen molar-refractivity contribution in [3.63, 3.8) is 0 Å². The average molecular weight is 790 g/mol. The van der Waals surface area contributed by atoms with Crippen molar-refractivity contribution in [3.05, 3.63) is 0 Å². The maximum absolute atomic E-state index is 12.7. The lowest BCUT2D eigenvalue weighted by Gasteiger charge is -2.28. The van der Waals surface area contributed by atoms with E-state index in [0.29, 0.717) is 24.1 Å². The van der Waals surface area contributed by atoms with Gasteiger partial charge in [0.15, 0.2) is 0 Å². The van der Waals surface area contributed by atoms with E-state index in [2.05, 4.69) is 13.8 Å². The van der Waals surface area contributed by atoms with Crippen molar-refractivity contribution in [2.24, 2.45) is 0 Å². The Balaban J connectivity index is 4.00. The van der Waals surface area contributed by atoms with Gasteiger partial charge in [-0.25, -0.2) is 0 Å². The summed E-state index contributed by atoms with van der Waals surface area (Å²) in [5.41, 5.74) is 0. The highest BCUT2D eigenvalue weighted by atomic mass is 31.2. The number of carbonyl (C=O) groups is 1. The topological polar surface area (TPSA) is 94.1 Å². The van der Waals surface area contributed by atoms with Gasteiger partial charge in [0.1, 0.15) is 19.3 Å². The molecule has 9 heteroatoms. The first kappa shape index (κ1) is 53.5. The van der Waals surface area contributed by atoms with Crippen LogP contribution in [0.4, 0.5) is 0 Å². The molecule has 0 aliphatic heterocycles. The minimum Gasteiger partial charge on any atom is -0.756 e. The van der Waals surface area contributed by atoms with Crippen LogP contribution in [-0.2, 0) is 27.9 Å². The van der Waals surface area contributed by atoms with Crippen LogP contribution in [0.5, 0.6) is 0 Å². The third-order valence-corrected chi connectivity index (χ3v) is 11.4. The number of carbonyl (C=O) groups excluding carboxylic acids is 1. The molecule has 0 rings (SSSR count). The fourth-order valence-electron chi connectivity index (χ4n) is 6.78. The lowest BCUT2D eigenvalue weighted by atomic mass is 10.0. The van der Waals surface area contributed by atoms with Gasteiger partial charge in [0.2, 0.25) is 0 Å². The Kier molecular flexibility index (Phi) is 39.0. The molecule has 0 N–H and O–H groups in total. The number of phosphoric ester groups is 1. The van der Waals surface area contributed by atoms with E-state index in [0.717, 1.165) is 32.1 Å². The maximum atomic E-state index is 12.7. The monoisotopic (exact) mass is 790 g/mol. The van der Waals surface area contributed by atoms with E-state index in [4.69, 9.17) is 18.5 Å². The van der Waals surface area contributed by atoms with Gasteiger partial charge < -0.3 is 27.9 Å². The number of unbranched alkanes of at least 4 members (excludes halogenated alkanes) is 30. The predicted molar refractivity (Wildman–Crippen MR) is 227 cm³/mol. The summed E-state index contributed by atoms with van der Waals surface area (Å²) in [7, 11) is 1.37. The van der Waals surface area contributed by atoms with Gasteiger partial charge in [0.05, 0.1) is 34.4 Å². The van der Waals surface area contributed by atoms with E-state index < -0.39 is 13.9 Å².